The number of carbonyl (C=O) groups excluding carboxylic acids is 1. The molecule has 0 N–H and O–H groups in total. The van der Waals surface area contributed by atoms with Gasteiger partial charge in [0.05, 0.1) is 5.69 Å². The standard InChI is InChI=1S/C16H14FNOS/c1-10-2-5-13(20)9-14(10)16(19)18-7-6-11-3-4-12(17)8-15(11)18/h2-5,8-9,20H,6-7H2,1H3. The Kier molecular flexibility index (Phi) is 3.26. The maximum atomic E-state index is 13.4. The zero-order valence-corrected chi connectivity index (χ0v) is 12.0. The van der Waals surface area contributed by atoms with Crippen molar-refractivity contribution in [3.63, 3.8) is 0 Å². The van der Waals surface area contributed by atoms with E-state index in [0.717, 1.165) is 22.4 Å². The van der Waals surface area contributed by atoms with Crippen LogP contribution < -0.4 is 4.90 Å². The van der Waals surface area contributed by atoms with Gasteiger partial charge in [-0.2, -0.15) is 0 Å². The Bertz CT molecular complexity index is 699. The molecule has 0 fully saturated rings. The summed E-state index contributed by atoms with van der Waals surface area (Å²) in [5.74, 6) is -0.411. The number of fused-ring (bicyclic) bond motifs is 1. The first-order chi connectivity index (χ1) is 9.56. The molecule has 0 saturated heterocycles. The Morgan fingerprint density at radius 2 is 2.05 bits per heavy atom. The first kappa shape index (κ1) is 13.2. The first-order valence-electron chi connectivity index (χ1n) is 6.46. The minimum absolute atomic E-state index is 0.0947. The van der Waals surface area contributed by atoms with Gasteiger partial charge < -0.3 is 4.90 Å². The third-order valence-corrected chi connectivity index (χ3v) is 3.92. The Hall–Kier alpha value is -1.81. The molecule has 1 aliphatic heterocycles. The molecule has 1 amide bonds. The minimum atomic E-state index is -0.317. The molecule has 1 heterocycles. The van der Waals surface area contributed by atoms with Gasteiger partial charge >= 0.3 is 0 Å². The van der Waals surface area contributed by atoms with Gasteiger partial charge in [-0.3, -0.25) is 4.79 Å². The largest absolute Gasteiger partial charge is 0.308 e. The SMILES string of the molecule is Cc1ccc(S)cc1C(=O)N1CCc2ccc(F)cc21. The van der Waals surface area contributed by atoms with Crippen LogP contribution in [0.15, 0.2) is 41.3 Å². The number of benzene rings is 2. The highest BCUT2D eigenvalue weighted by Crippen LogP contribution is 2.30. The lowest BCUT2D eigenvalue weighted by atomic mass is 10.1. The molecule has 3 rings (SSSR count). The third-order valence-electron chi connectivity index (χ3n) is 3.64. The molecule has 102 valence electrons. The van der Waals surface area contributed by atoms with Crippen molar-refractivity contribution in [3.8, 4) is 0 Å². The van der Waals surface area contributed by atoms with Crippen LogP contribution in [0.4, 0.5) is 10.1 Å². The average molecular weight is 287 g/mol. The fourth-order valence-electron chi connectivity index (χ4n) is 2.55. The van der Waals surface area contributed by atoms with E-state index in [9.17, 15) is 9.18 Å². The number of anilines is 1. The number of halogens is 1. The topological polar surface area (TPSA) is 20.3 Å². The minimum Gasteiger partial charge on any atom is -0.308 e. The lowest BCUT2D eigenvalue weighted by molar-refractivity contribution is 0.0988. The van der Waals surface area contributed by atoms with Crippen molar-refractivity contribution in [1.82, 2.24) is 0 Å². The molecule has 0 atom stereocenters. The molecule has 0 aliphatic carbocycles. The van der Waals surface area contributed by atoms with E-state index in [1.54, 1.807) is 17.0 Å². The van der Waals surface area contributed by atoms with E-state index in [0.29, 0.717) is 17.8 Å². The predicted octanol–water partition coefficient (Wildman–Crippen LogP) is 3.63. The summed E-state index contributed by atoms with van der Waals surface area (Å²) < 4.78 is 13.4. The van der Waals surface area contributed by atoms with Gasteiger partial charge in [0.1, 0.15) is 5.82 Å². The molecule has 0 aromatic heterocycles. The summed E-state index contributed by atoms with van der Waals surface area (Å²) in [6, 6.07) is 10.1. The quantitative estimate of drug-likeness (QED) is 0.794. The summed E-state index contributed by atoms with van der Waals surface area (Å²) >= 11 is 4.28. The van der Waals surface area contributed by atoms with Crippen LogP contribution in [-0.2, 0) is 6.42 Å². The van der Waals surface area contributed by atoms with Crippen molar-refractivity contribution in [1.29, 1.82) is 0 Å². The number of amides is 1. The molecular formula is C16H14FNOS. The fraction of sp³-hybridized carbons (Fsp3) is 0.188. The van der Waals surface area contributed by atoms with Gasteiger partial charge in [-0.25, -0.2) is 4.39 Å². The Morgan fingerprint density at radius 3 is 2.85 bits per heavy atom. The smallest absolute Gasteiger partial charge is 0.258 e. The molecule has 0 bridgehead atoms. The van der Waals surface area contributed by atoms with Gasteiger partial charge in [-0.05, 0) is 48.7 Å². The van der Waals surface area contributed by atoms with Crippen molar-refractivity contribution in [2.24, 2.45) is 0 Å². The van der Waals surface area contributed by atoms with E-state index in [2.05, 4.69) is 12.6 Å². The molecule has 4 heteroatoms. The lowest BCUT2D eigenvalue weighted by Gasteiger charge is -2.19. The normalized spacial score (nSPS) is 13.4. The number of hydrogen-bond donors (Lipinski definition) is 1. The van der Waals surface area contributed by atoms with E-state index < -0.39 is 0 Å². The Morgan fingerprint density at radius 1 is 1.25 bits per heavy atom. The summed E-state index contributed by atoms with van der Waals surface area (Å²) in [4.78, 5) is 15.1. The molecule has 2 aromatic carbocycles. The second kappa shape index (κ2) is 4.94. The molecular weight excluding hydrogens is 273 g/mol. The highest BCUT2D eigenvalue weighted by atomic mass is 32.1. The molecule has 0 spiro atoms. The number of carbonyl (C=O) groups is 1. The van der Waals surface area contributed by atoms with Gasteiger partial charge in [0.15, 0.2) is 0 Å². The third kappa shape index (κ3) is 2.20. The van der Waals surface area contributed by atoms with E-state index in [4.69, 9.17) is 0 Å². The monoisotopic (exact) mass is 287 g/mol. The summed E-state index contributed by atoms with van der Waals surface area (Å²) in [5, 5.41) is 0. The zero-order chi connectivity index (χ0) is 14.3. The Balaban J connectivity index is 2.01. The van der Waals surface area contributed by atoms with E-state index in [-0.39, 0.29) is 11.7 Å². The van der Waals surface area contributed by atoms with Crippen LogP contribution in [0.25, 0.3) is 0 Å². The van der Waals surface area contributed by atoms with Gasteiger partial charge in [-0.1, -0.05) is 12.1 Å². The van der Waals surface area contributed by atoms with Crippen LogP contribution in [0.2, 0.25) is 0 Å². The van der Waals surface area contributed by atoms with Crippen LogP contribution >= 0.6 is 12.6 Å². The van der Waals surface area contributed by atoms with Crippen LogP contribution in [0, 0.1) is 12.7 Å². The molecule has 20 heavy (non-hydrogen) atoms. The highest BCUT2D eigenvalue weighted by Gasteiger charge is 2.26. The fourth-order valence-corrected chi connectivity index (χ4v) is 2.75. The summed E-state index contributed by atoms with van der Waals surface area (Å²) in [5.41, 5.74) is 3.21. The van der Waals surface area contributed by atoms with Crippen LogP contribution in [-0.4, -0.2) is 12.5 Å². The second-order valence-corrected chi connectivity index (χ2v) is 5.50. The van der Waals surface area contributed by atoms with Gasteiger partial charge in [0, 0.05) is 17.0 Å². The number of rotatable bonds is 1. The molecule has 0 radical (unpaired) electrons. The summed E-state index contributed by atoms with van der Waals surface area (Å²) in [6.07, 6.45) is 0.765. The average Bonchev–Trinajstić information content (AvgIpc) is 2.83. The van der Waals surface area contributed by atoms with Gasteiger partial charge in [0.2, 0.25) is 0 Å². The van der Waals surface area contributed by atoms with Crippen LogP contribution in [0.1, 0.15) is 21.5 Å². The maximum absolute atomic E-state index is 13.4. The maximum Gasteiger partial charge on any atom is 0.258 e. The summed E-state index contributed by atoms with van der Waals surface area (Å²) in [6.45, 7) is 2.48. The zero-order valence-electron chi connectivity index (χ0n) is 11.1. The van der Waals surface area contributed by atoms with Crippen molar-refractivity contribution < 1.29 is 9.18 Å². The van der Waals surface area contributed by atoms with Crippen molar-refractivity contribution in [2.45, 2.75) is 18.2 Å². The van der Waals surface area contributed by atoms with Crippen LogP contribution in [0.5, 0.6) is 0 Å². The molecule has 2 aromatic rings. The molecule has 2 nitrogen and oxygen atoms in total. The summed E-state index contributed by atoms with van der Waals surface area (Å²) in [7, 11) is 0. The van der Waals surface area contributed by atoms with Crippen molar-refractivity contribution in [3.05, 3.63) is 58.9 Å². The highest BCUT2D eigenvalue weighted by molar-refractivity contribution is 7.80. The lowest BCUT2D eigenvalue weighted by Crippen LogP contribution is -2.29. The number of thiol groups is 1. The predicted molar refractivity (Wildman–Crippen MR) is 80.2 cm³/mol. The molecule has 0 saturated carbocycles. The van der Waals surface area contributed by atoms with Crippen molar-refractivity contribution in [2.75, 3.05) is 11.4 Å². The van der Waals surface area contributed by atoms with E-state index in [1.807, 2.05) is 19.1 Å². The van der Waals surface area contributed by atoms with Gasteiger partial charge in [0.25, 0.3) is 5.91 Å². The number of nitrogens with zero attached hydrogens (tertiary/aromatic N) is 1. The first-order valence-corrected chi connectivity index (χ1v) is 6.91. The van der Waals surface area contributed by atoms with Gasteiger partial charge in [-0.15, -0.1) is 12.6 Å². The van der Waals surface area contributed by atoms with Crippen molar-refractivity contribution >= 4 is 24.2 Å². The molecule has 1 aliphatic rings. The second-order valence-electron chi connectivity index (χ2n) is 4.98. The molecule has 0 unspecified atom stereocenters. The van der Waals surface area contributed by atoms with E-state index in [1.165, 1.54) is 12.1 Å². The van der Waals surface area contributed by atoms with E-state index >= 15 is 0 Å². The van der Waals surface area contributed by atoms with Crippen LogP contribution in [0.3, 0.4) is 0 Å². The number of hydrogen-bond acceptors (Lipinski definition) is 2. The Labute approximate surface area is 122 Å². The number of aryl methyl sites for hydroxylation is 1.